The molecule has 0 aliphatic rings. The molecule has 0 aromatic rings. The van der Waals surface area contributed by atoms with Gasteiger partial charge in [0.15, 0.2) is 6.79 Å². The van der Waals surface area contributed by atoms with Crippen LogP contribution in [0.5, 0.6) is 0 Å². The number of allylic oxidation sites excluding steroid dienone is 1. The molecule has 4 heteroatoms. The van der Waals surface area contributed by atoms with Crippen molar-refractivity contribution in [1.82, 2.24) is 0 Å². The number of methoxy groups -OCH3 is 1. The molecule has 0 saturated carbocycles. The lowest BCUT2D eigenvalue weighted by Crippen LogP contribution is -2.08. The number of ether oxygens (including phenoxy) is 1. The van der Waals surface area contributed by atoms with E-state index in [1.807, 2.05) is 6.92 Å². The highest BCUT2D eigenvalue weighted by molar-refractivity contribution is 5.87. The molecule has 0 saturated heterocycles. The fourth-order valence-corrected chi connectivity index (χ4v) is 0.581. The van der Waals surface area contributed by atoms with Gasteiger partial charge in [0, 0.05) is 12.7 Å². The van der Waals surface area contributed by atoms with Crippen molar-refractivity contribution in [2.24, 2.45) is 0 Å². The van der Waals surface area contributed by atoms with Gasteiger partial charge in [0.05, 0.1) is 0 Å². The summed E-state index contributed by atoms with van der Waals surface area (Å²) in [6.45, 7) is 3.56. The summed E-state index contributed by atoms with van der Waals surface area (Å²) in [6, 6.07) is 0. The summed E-state index contributed by atoms with van der Waals surface area (Å²) in [5.41, 5.74) is 0.536. The van der Waals surface area contributed by atoms with Gasteiger partial charge < -0.3 is 4.74 Å². The van der Waals surface area contributed by atoms with Crippen molar-refractivity contribution in [3.05, 3.63) is 11.6 Å². The fraction of sp³-hybridized carbons (Fsp3) is 0.625. The summed E-state index contributed by atoms with van der Waals surface area (Å²) in [5.74, 6) is -0.478. The van der Waals surface area contributed by atoms with E-state index in [9.17, 15) is 4.79 Å². The summed E-state index contributed by atoms with van der Waals surface area (Å²) in [6.07, 6.45) is 2.56. The summed E-state index contributed by atoms with van der Waals surface area (Å²) in [7, 11) is 1.45. The van der Waals surface area contributed by atoms with E-state index in [-0.39, 0.29) is 6.79 Å². The van der Waals surface area contributed by atoms with Crippen LogP contribution in [0.15, 0.2) is 11.6 Å². The molecule has 0 aromatic carbocycles. The number of carbonyl (C=O) groups is 1. The highest BCUT2D eigenvalue weighted by Gasteiger charge is 2.05. The minimum atomic E-state index is -0.478. The molecule has 0 fully saturated rings. The Kier molecular flexibility index (Phi) is 6.32. The van der Waals surface area contributed by atoms with E-state index in [4.69, 9.17) is 0 Å². The van der Waals surface area contributed by atoms with Gasteiger partial charge in [0.1, 0.15) is 0 Å². The van der Waals surface area contributed by atoms with Crippen molar-refractivity contribution in [3.8, 4) is 0 Å². The van der Waals surface area contributed by atoms with Gasteiger partial charge in [0.2, 0.25) is 0 Å². The molecule has 0 N–H and O–H groups in total. The van der Waals surface area contributed by atoms with Gasteiger partial charge in [-0.2, -0.15) is 4.89 Å². The third-order valence-corrected chi connectivity index (χ3v) is 1.13. The van der Waals surface area contributed by atoms with Gasteiger partial charge in [-0.25, -0.2) is 4.79 Å². The molecule has 0 radical (unpaired) electrons. The zero-order valence-corrected chi connectivity index (χ0v) is 7.62. The fourth-order valence-electron chi connectivity index (χ4n) is 0.581. The second kappa shape index (κ2) is 6.82. The predicted molar refractivity (Wildman–Crippen MR) is 43.1 cm³/mol. The SMILES string of the molecule is CCC=C(C)C(=O)OOCOC. The topological polar surface area (TPSA) is 44.8 Å². The molecule has 0 rings (SSSR count). The molecule has 0 amide bonds. The third-order valence-electron chi connectivity index (χ3n) is 1.13. The van der Waals surface area contributed by atoms with Crippen LogP contribution in [0, 0.1) is 0 Å². The molecular formula is C8H14O4. The van der Waals surface area contributed by atoms with Crippen LogP contribution in [-0.2, 0) is 19.3 Å². The third kappa shape index (κ3) is 4.87. The normalized spacial score (nSPS) is 11.4. The molecular weight excluding hydrogens is 160 g/mol. The van der Waals surface area contributed by atoms with Crippen LogP contribution in [0.4, 0.5) is 0 Å². The van der Waals surface area contributed by atoms with Gasteiger partial charge >= 0.3 is 5.97 Å². The summed E-state index contributed by atoms with van der Waals surface area (Å²) >= 11 is 0. The zero-order valence-electron chi connectivity index (χ0n) is 7.62. The molecule has 0 bridgehead atoms. The first-order valence-electron chi connectivity index (χ1n) is 3.71. The highest BCUT2D eigenvalue weighted by atomic mass is 17.2. The van der Waals surface area contributed by atoms with Gasteiger partial charge in [-0.3, -0.25) is 4.89 Å². The van der Waals surface area contributed by atoms with E-state index in [0.717, 1.165) is 6.42 Å². The lowest BCUT2D eigenvalue weighted by atomic mass is 10.2. The summed E-state index contributed by atoms with van der Waals surface area (Å²) in [5, 5.41) is 0. The number of carbonyl (C=O) groups excluding carboxylic acids is 1. The molecule has 0 atom stereocenters. The Morgan fingerprint density at radius 3 is 2.67 bits per heavy atom. The van der Waals surface area contributed by atoms with Gasteiger partial charge in [-0.1, -0.05) is 13.0 Å². The van der Waals surface area contributed by atoms with Gasteiger partial charge in [0.25, 0.3) is 0 Å². The van der Waals surface area contributed by atoms with Crippen molar-refractivity contribution in [2.45, 2.75) is 20.3 Å². The average Bonchev–Trinajstić information content (AvgIpc) is 2.05. The molecule has 0 aliphatic carbocycles. The van der Waals surface area contributed by atoms with E-state index >= 15 is 0 Å². The van der Waals surface area contributed by atoms with E-state index in [2.05, 4.69) is 14.5 Å². The lowest BCUT2D eigenvalue weighted by Gasteiger charge is -2.01. The number of rotatable bonds is 5. The largest absolute Gasteiger partial charge is 0.368 e. The summed E-state index contributed by atoms with van der Waals surface area (Å²) < 4.78 is 4.51. The first-order chi connectivity index (χ1) is 5.72. The molecule has 0 heterocycles. The number of hydrogen-bond acceptors (Lipinski definition) is 4. The maximum Gasteiger partial charge on any atom is 0.368 e. The van der Waals surface area contributed by atoms with Crippen LogP contribution in [0.25, 0.3) is 0 Å². The molecule has 0 aromatic heterocycles. The van der Waals surface area contributed by atoms with Crippen molar-refractivity contribution < 1.29 is 19.3 Å². The predicted octanol–water partition coefficient (Wildman–Crippen LogP) is 1.42. The monoisotopic (exact) mass is 174 g/mol. The van der Waals surface area contributed by atoms with E-state index in [1.165, 1.54) is 7.11 Å². The van der Waals surface area contributed by atoms with Gasteiger partial charge in [-0.05, 0) is 13.3 Å². The second-order valence-electron chi connectivity index (χ2n) is 2.19. The Hall–Kier alpha value is -0.870. The maximum absolute atomic E-state index is 10.9. The Morgan fingerprint density at radius 1 is 1.50 bits per heavy atom. The van der Waals surface area contributed by atoms with Crippen LogP contribution >= 0.6 is 0 Å². The van der Waals surface area contributed by atoms with Crippen LogP contribution in [0.2, 0.25) is 0 Å². The first-order valence-corrected chi connectivity index (χ1v) is 3.71. The maximum atomic E-state index is 10.9. The molecule has 4 nitrogen and oxygen atoms in total. The minimum absolute atomic E-state index is 0.0505. The number of hydrogen-bond donors (Lipinski definition) is 0. The quantitative estimate of drug-likeness (QED) is 0.208. The minimum Gasteiger partial charge on any atom is -0.355 e. The van der Waals surface area contributed by atoms with E-state index in [0.29, 0.717) is 5.57 Å². The Morgan fingerprint density at radius 2 is 2.17 bits per heavy atom. The highest BCUT2D eigenvalue weighted by Crippen LogP contribution is 1.98. The van der Waals surface area contributed by atoms with Crippen LogP contribution < -0.4 is 0 Å². The van der Waals surface area contributed by atoms with Crippen molar-refractivity contribution in [3.63, 3.8) is 0 Å². The Labute approximate surface area is 72.0 Å². The Balaban J connectivity index is 3.64. The Bertz CT molecular complexity index is 162. The molecule has 12 heavy (non-hydrogen) atoms. The first kappa shape index (κ1) is 11.1. The van der Waals surface area contributed by atoms with E-state index in [1.54, 1.807) is 13.0 Å². The second-order valence-corrected chi connectivity index (χ2v) is 2.19. The standard InChI is InChI=1S/C8H14O4/c1-4-5-7(2)8(9)12-11-6-10-3/h5H,4,6H2,1-3H3. The molecule has 0 spiro atoms. The van der Waals surface area contributed by atoms with Gasteiger partial charge in [-0.15, -0.1) is 0 Å². The molecule has 0 aliphatic heterocycles. The lowest BCUT2D eigenvalue weighted by molar-refractivity contribution is -0.303. The van der Waals surface area contributed by atoms with E-state index < -0.39 is 5.97 Å². The summed E-state index contributed by atoms with van der Waals surface area (Å²) in [4.78, 5) is 19.7. The van der Waals surface area contributed by atoms with Crippen molar-refractivity contribution in [2.75, 3.05) is 13.9 Å². The van der Waals surface area contributed by atoms with Crippen LogP contribution in [0.3, 0.4) is 0 Å². The molecule has 70 valence electrons. The molecule has 0 unspecified atom stereocenters. The average molecular weight is 174 g/mol. The van der Waals surface area contributed by atoms with Crippen molar-refractivity contribution in [1.29, 1.82) is 0 Å². The van der Waals surface area contributed by atoms with Crippen LogP contribution in [-0.4, -0.2) is 19.9 Å². The zero-order chi connectivity index (χ0) is 9.40. The smallest absolute Gasteiger partial charge is 0.355 e. The van der Waals surface area contributed by atoms with Crippen molar-refractivity contribution >= 4 is 5.97 Å². The van der Waals surface area contributed by atoms with Crippen LogP contribution in [0.1, 0.15) is 20.3 Å².